The maximum Gasteiger partial charge on any atom is 0.410 e. The summed E-state index contributed by atoms with van der Waals surface area (Å²) in [6.07, 6.45) is -1.69. The third-order valence-electron chi connectivity index (χ3n) is 1.85. The van der Waals surface area contributed by atoms with Gasteiger partial charge in [0, 0.05) is 6.54 Å². The van der Waals surface area contributed by atoms with E-state index in [1.165, 1.54) is 4.90 Å². The van der Waals surface area contributed by atoms with E-state index in [1.54, 1.807) is 0 Å². The molecular weight excluding hydrogens is 176 g/mol. The lowest BCUT2D eigenvalue weighted by molar-refractivity contribution is 0.0693. The SMILES string of the molecule is NCC1CN(CC(O)CO)C(=O)O1. The van der Waals surface area contributed by atoms with Gasteiger partial charge >= 0.3 is 6.09 Å². The monoisotopic (exact) mass is 190 g/mol. The first-order valence-electron chi connectivity index (χ1n) is 4.12. The minimum Gasteiger partial charge on any atom is -0.443 e. The van der Waals surface area contributed by atoms with Crippen LogP contribution in [0.3, 0.4) is 0 Å². The number of ether oxygens (including phenoxy) is 1. The Morgan fingerprint density at radius 2 is 2.46 bits per heavy atom. The first kappa shape index (κ1) is 10.2. The summed E-state index contributed by atoms with van der Waals surface area (Å²) < 4.78 is 4.84. The van der Waals surface area contributed by atoms with Crippen molar-refractivity contribution in [2.75, 3.05) is 26.2 Å². The number of cyclic esters (lactones) is 1. The molecule has 2 atom stereocenters. The zero-order chi connectivity index (χ0) is 9.84. The summed E-state index contributed by atoms with van der Waals surface area (Å²) in [5.74, 6) is 0. The van der Waals surface area contributed by atoms with Crippen LogP contribution in [0.2, 0.25) is 0 Å². The Hall–Kier alpha value is -0.850. The van der Waals surface area contributed by atoms with Crippen LogP contribution in [-0.4, -0.2) is 59.7 Å². The molecule has 0 aromatic rings. The Labute approximate surface area is 75.9 Å². The normalized spacial score (nSPS) is 24.7. The van der Waals surface area contributed by atoms with Crippen LogP contribution in [-0.2, 0) is 4.74 Å². The molecule has 0 saturated carbocycles. The number of hydrogen-bond donors (Lipinski definition) is 3. The van der Waals surface area contributed by atoms with Gasteiger partial charge in [-0.15, -0.1) is 0 Å². The minimum atomic E-state index is -0.913. The molecule has 1 aliphatic rings. The molecule has 0 aliphatic carbocycles. The summed E-state index contributed by atoms with van der Waals surface area (Å²) in [5.41, 5.74) is 5.31. The van der Waals surface area contributed by atoms with Crippen molar-refractivity contribution in [3.05, 3.63) is 0 Å². The molecule has 4 N–H and O–H groups in total. The van der Waals surface area contributed by atoms with E-state index in [1.807, 2.05) is 0 Å². The third kappa shape index (κ3) is 2.55. The van der Waals surface area contributed by atoms with E-state index in [2.05, 4.69) is 0 Å². The highest BCUT2D eigenvalue weighted by atomic mass is 16.6. The van der Waals surface area contributed by atoms with Gasteiger partial charge in [0.25, 0.3) is 0 Å². The molecule has 6 nitrogen and oxygen atoms in total. The molecule has 1 aliphatic heterocycles. The highest BCUT2D eigenvalue weighted by Gasteiger charge is 2.31. The second kappa shape index (κ2) is 4.40. The van der Waals surface area contributed by atoms with Gasteiger partial charge in [0.2, 0.25) is 0 Å². The molecule has 6 heteroatoms. The van der Waals surface area contributed by atoms with E-state index in [0.717, 1.165) is 0 Å². The van der Waals surface area contributed by atoms with Gasteiger partial charge in [0.05, 0.1) is 25.8 Å². The molecule has 1 amide bonds. The first-order valence-corrected chi connectivity index (χ1v) is 4.12. The smallest absolute Gasteiger partial charge is 0.410 e. The van der Waals surface area contributed by atoms with Gasteiger partial charge < -0.3 is 25.6 Å². The number of amides is 1. The van der Waals surface area contributed by atoms with Crippen molar-refractivity contribution in [1.82, 2.24) is 4.90 Å². The number of hydrogen-bond acceptors (Lipinski definition) is 5. The van der Waals surface area contributed by atoms with Gasteiger partial charge in [-0.25, -0.2) is 4.79 Å². The van der Waals surface area contributed by atoms with E-state index in [4.69, 9.17) is 20.7 Å². The fraction of sp³-hybridized carbons (Fsp3) is 0.857. The van der Waals surface area contributed by atoms with Crippen LogP contribution in [0.4, 0.5) is 4.79 Å². The topological polar surface area (TPSA) is 96.0 Å². The molecule has 0 aromatic heterocycles. The lowest BCUT2D eigenvalue weighted by Crippen LogP contribution is -2.35. The average Bonchev–Trinajstić information content (AvgIpc) is 2.47. The highest BCUT2D eigenvalue weighted by Crippen LogP contribution is 2.10. The van der Waals surface area contributed by atoms with Crippen molar-refractivity contribution in [1.29, 1.82) is 0 Å². The fourth-order valence-electron chi connectivity index (χ4n) is 1.16. The fourth-order valence-corrected chi connectivity index (χ4v) is 1.16. The Bertz CT molecular complexity index is 187. The molecule has 0 aromatic carbocycles. The second-order valence-electron chi connectivity index (χ2n) is 2.98. The zero-order valence-electron chi connectivity index (χ0n) is 7.22. The van der Waals surface area contributed by atoms with Gasteiger partial charge in [0.1, 0.15) is 6.10 Å². The van der Waals surface area contributed by atoms with E-state index in [9.17, 15) is 4.79 Å². The van der Waals surface area contributed by atoms with Crippen molar-refractivity contribution >= 4 is 6.09 Å². The average molecular weight is 190 g/mol. The van der Waals surface area contributed by atoms with Crippen LogP contribution in [0.25, 0.3) is 0 Å². The van der Waals surface area contributed by atoms with Crippen molar-refractivity contribution < 1.29 is 19.7 Å². The molecule has 1 rings (SSSR count). The molecule has 1 fully saturated rings. The number of nitrogens with two attached hydrogens (primary N) is 1. The first-order chi connectivity index (χ1) is 6.17. The van der Waals surface area contributed by atoms with Crippen molar-refractivity contribution in [3.63, 3.8) is 0 Å². The third-order valence-corrected chi connectivity index (χ3v) is 1.85. The van der Waals surface area contributed by atoms with Gasteiger partial charge in [-0.2, -0.15) is 0 Å². The van der Waals surface area contributed by atoms with Gasteiger partial charge in [-0.05, 0) is 0 Å². The summed E-state index contributed by atoms with van der Waals surface area (Å²) in [4.78, 5) is 12.4. The van der Waals surface area contributed by atoms with Crippen LogP contribution in [0.15, 0.2) is 0 Å². The van der Waals surface area contributed by atoms with Crippen LogP contribution in [0.5, 0.6) is 0 Å². The van der Waals surface area contributed by atoms with Crippen LogP contribution < -0.4 is 5.73 Å². The molecule has 0 bridgehead atoms. The number of aliphatic hydroxyl groups excluding tert-OH is 2. The summed E-state index contributed by atoms with van der Waals surface area (Å²) in [5, 5.41) is 17.6. The van der Waals surface area contributed by atoms with E-state index in [-0.39, 0.29) is 25.8 Å². The number of nitrogens with zero attached hydrogens (tertiary/aromatic N) is 1. The molecule has 0 spiro atoms. The molecule has 13 heavy (non-hydrogen) atoms. The van der Waals surface area contributed by atoms with Crippen LogP contribution in [0, 0.1) is 0 Å². The number of β-amino-alcohol motifs (C(OH)–C–C–N with tert-alkyl or cyclic N) is 1. The molecule has 1 heterocycles. The predicted octanol–water partition coefficient (Wildman–Crippen LogP) is -1.88. The zero-order valence-corrected chi connectivity index (χ0v) is 7.22. The number of aliphatic hydroxyl groups is 2. The quantitative estimate of drug-likeness (QED) is 0.482. The van der Waals surface area contributed by atoms with E-state index >= 15 is 0 Å². The highest BCUT2D eigenvalue weighted by molar-refractivity contribution is 5.69. The largest absolute Gasteiger partial charge is 0.443 e. The Morgan fingerprint density at radius 3 is 2.92 bits per heavy atom. The second-order valence-corrected chi connectivity index (χ2v) is 2.98. The van der Waals surface area contributed by atoms with Gasteiger partial charge in [0.15, 0.2) is 0 Å². The number of carbonyl (C=O) groups is 1. The summed E-state index contributed by atoms with van der Waals surface area (Å²) in [6, 6.07) is 0. The summed E-state index contributed by atoms with van der Waals surface area (Å²) in [7, 11) is 0. The summed E-state index contributed by atoms with van der Waals surface area (Å²) in [6.45, 7) is 0.382. The number of rotatable bonds is 4. The molecule has 2 unspecified atom stereocenters. The Morgan fingerprint density at radius 1 is 1.77 bits per heavy atom. The van der Waals surface area contributed by atoms with Crippen molar-refractivity contribution in [3.8, 4) is 0 Å². The maximum absolute atomic E-state index is 11.1. The van der Waals surface area contributed by atoms with Crippen LogP contribution >= 0.6 is 0 Å². The Balaban J connectivity index is 2.39. The van der Waals surface area contributed by atoms with E-state index < -0.39 is 12.2 Å². The molecule has 76 valence electrons. The molecule has 1 saturated heterocycles. The summed E-state index contributed by atoms with van der Waals surface area (Å²) >= 11 is 0. The van der Waals surface area contributed by atoms with Gasteiger partial charge in [-0.3, -0.25) is 0 Å². The van der Waals surface area contributed by atoms with Crippen molar-refractivity contribution in [2.45, 2.75) is 12.2 Å². The minimum absolute atomic E-state index is 0.0891. The lowest BCUT2D eigenvalue weighted by atomic mass is 10.3. The van der Waals surface area contributed by atoms with E-state index in [0.29, 0.717) is 6.54 Å². The predicted molar refractivity (Wildman–Crippen MR) is 44.0 cm³/mol. The van der Waals surface area contributed by atoms with Crippen LogP contribution in [0.1, 0.15) is 0 Å². The molecule has 0 radical (unpaired) electrons. The Kier molecular flexibility index (Phi) is 3.47. The lowest BCUT2D eigenvalue weighted by Gasteiger charge is -2.15. The maximum atomic E-state index is 11.1. The number of carbonyl (C=O) groups excluding carboxylic acids is 1. The standard InChI is InChI=1S/C7H14N2O4/c8-1-6-3-9(7(12)13-6)2-5(11)4-10/h5-6,10-11H,1-4,8H2. The van der Waals surface area contributed by atoms with Gasteiger partial charge in [-0.1, -0.05) is 0 Å². The van der Waals surface area contributed by atoms with Crippen molar-refractivity contribution in [2.24, 2.45) is 5.73 Å². The molecular formula is C7H14N2O4.